The molecule has 0 unspecified atom stereocenters. The summed E-state index contributed by atoms with van der Waals surface area (Å²) < 4.78 is 28.4. The van der Waals surface area contributed by atoms with Crippen LogP contribution in [0.15, 0.2) is 30.3 Å². The molecule has 3 fully saturated rings. The van der Waals surface area contributed by atoms with E-state index in [1.807, 2.05) is 22.4 Å². The van der Waals surface area contributed by atoms with E-state index in [9.17, 15) is 13.2 Å². The Labute approximate surface area is 211 Å². The van der Waals surface area contributed by atoms with Crippen LogP contribution >= 0.6 is 0 Å². The maximum absolute atomic E-state index is 13.9. The summed E-state index contributed by atoms with van der Waals surface area (Å²) in [5, 5.41) is 4.99. The van der Waals surface area contributed by atoms with Gasteiger partial charge in [-0.1, -0.05) is 11.6 Å². The number of amides is 1. The van der Waals surface area contributed by atoms with Gasteiger partial charge in [-0.3, -0.25) is 9.52 Å². The normalized spacial score (nSPS) is 20.4. The molecule has 1 amide bonds. The third-order valence-electron chi connectivity index (χ3n) is 7.43. The van der Waals surface area contributed by atoms with Gasteiger partial charge in [0.25, 0.3) is 5.91 Å². The Hall–Kier alpha value is -3.14. The molecule has 190 valence electrons. The number of rotatable bonds is 6. The van der Waals surface area contributed by atoms with Crippen molar-refractivity contribution in [2.45, 2.75) is 57.4 Å². The number of hydrogen-bond donors (Lipinski definition) is 1. The quantitative estimate of drug-likeness (QED) is 0.543. The number of fused-ring (bicyclic) bond motifs is 1. The maximum atomic E-state index is 13.9. The molecule has 1 N–H and O–H groups in total. The van der Waals surface area contributed by atoms with Crippen LogP contribution in [0.1, 0.15) is 77.8 Å². The summed E-state index contributed by atoms with van der Waals surface area (Å²) in [5.41, 5.74) is 4.40. The number of carbonyl (C=O) groups is 1. The fourth-order valence-corrected chi connectivity index (χ4v) is 5.85. The zero-order valence-electron chi connectivity index (χ0n) is 20.8. The van der Waals surface area contributed by atoms with Crippen LogP contribution in [0.2, 0.25) is 0 Å². The van der Waals surface area contributed by atoms with Gasteiger partial charge in [-0.2, -0.15) is 9.61 Å². The number of likely N-dealkylation sites (tertiary alicyclic amines) is 1. The molecule has 1 aliphatic carbocycles. The molecule has 0 spiro atoms. The first-order chi connectivity index (χ1) is 17.3. The van der Waals surface area contributed by atoms with Crippen molar-refractivity contribution in [1.29, 1.82) is 0 Å². The lowest BCUT2D eigenvalue weighted by molar-refractivity contribution is 0.0606. The van der Waals surface area contributed by atoms with E-state index in [1.54, 1.807) is 18.2 Å². The number of hydrogen-bond acceptors (Lipinski definition) is 6. The van der Waals surface area contributed by atoms with E-state index >= 15 is 0 Å². The lowest BCUT2D eigenvalue weighted by atomic mass is 9.97. The molecule has 9 nitrogen and oxygen atoms in total. The molecule has 3 aromatic rings. The SMILES string of the molecule is Cc1ccc(NS(C)(=O)=O)c(C(=O)N2CCCC[C@H]2c2cc3nc(C4CC4)cc(N4CCC4)n3n2)c1. The average Bonchev–Trinajstić information content (AvgIpc) is 3.56. The molecule has 1 atom stereocenters. The van der Waals surface area contributed by atoms with Gasteiger partial charge in [-0.05, 0) is 57.6 Å². The van der Waals surface area contributed by atoms with Crippen LogP contribution in [-0.2, 0) is 10.0 Å². The first-order valence-electron chi connectivity index (χ1n) is 12.8. The first-order valence-corrected chi connectivity index (χ1v) is 14.7. The monoisotopic (exact) mass is 508 g/mol. The number of anilines is 2. The molecule has 2 aliphatic heterocycles. The highest BCUT2D eigenvalue weighted by atomic mass is 32.2. The smallest absolute Gasteiger partial charge is 0.256 e. The number of sulfonamides is 1. The molecule has 0 radical (unpaired) electrons. The van der Waals surface area contributed by atoms with Crippen LogP contribution < -0.4 is 9.62 Å². The summed E-state index contributed by atoms with van der Waals surface area (Å²) in [6.45, 7) is 4.55. The first kappa shape index (κ1) is 23.3. The predicted octanol–water partition coefficient (Wildman–Crippen LogP) is 3.86. The highest BCUT2D eigenvalue weighted by Crippen LogP contribution is 2.41. The Kier molecular flexibility index (Phi) is 5.66. The molecule has 6 rings (SSSR count). The molecule has 2 aromatic heterocycles. The fraction of sp³-hybridized carbons (Fsp3) is 0.500. The van der Waals surface area contributed by atoms with Crippen LogP contribution in [0.25, 0.3) is 5.65 Å². The minimum absolute atomic E-state index is 0.179. The Morgan fingerprint density at radius 3 is 2.50 bits per heavy atom. The Balaban J connectivity index is 1.38. The van der Waals surface area contributed by atoms with Crippen LogP contribution in [0.3, 0.4) is 0 Å². The summed E-state index contributed by atoms with van der Waals surface area (Å²) in [6.07, 6.45) is 7.38. The van der Waals surface area contributed by atoms with E-state index < -0.39 is 10.0 Å². The number of carbonyl (C=O) groups excluding carboxylic acids is 1. The van der Waals surface area contributed by atoms with Crippen molar-refractivity contribution in [3.63, 3.8) is 0 Å². The third-order valence-corrected chi connectivity index (χ3v) is 8.02. The Morgan fingerprint density at radius 2 is 1.81 bits per heavy atom. The topological polar surface area (TPSA) is 99.9 Å². The van der Waals surface area contributed by atoms with Gasteiger partial charge in [0.2, 0.25) is 10.0 Å². The minimum atomic E-state index is -3.53. The van der Waals surface area contributed by atoms with Crippen molar-refractivity contribution in [3.8, 4) is 0 Å². The lowest BCUT2D eigenvalue weighted by Crippen LogP contribution is -2.39. The van der Waals surface area contributed by atoms with Crippen LogP contribution in [0, 0.1) is 6.92 Å². The zero-order valence-corrected chi connectivity index (χ0v) is 21.6. The van der Waals surface area contributed by atoms with Crippen molar-refractivity contribution in [2.75, 3.05) is 35.5 Å². The second kappa shape index (κ2) is 8.76. The number of aryl methyl sites for hydroxylation is 1. The van der Waals surface area contributed by atoms with E-state index in [-0.39, 0.29) is 11.9 Å². The summed E-state index contributed by atoms with van der Waals surface area (Å²) in [7, 11) is -3.53. The number of nitrogens with zero attached hydrogens (tertiary/aromatic N) is 5. The number of nitrogens with one attached hydrogen (secondary N) is 1. The fourth-order valence-electron chi connectivity index (χ4n) is 5.28. The summed E-state index contributed by atoms with van der Waals surface area (Å²) in [5.74, 6) is 1.45. The molecular weight excluding hydrogens is 476 g/mol. The van der Waals surface area contributed by atoms with Crippen molar-refractivity contribution < 1.29 is 13.2 Å². The number of piperidine rings is 1. The van der Waals surface area contributed by atoms with E-state index in [1.165, 1.54) is 19.3 Å². The second-order valence-corrected chi connectivity index (χ2v) is 12.2. The predicted molar refractivity (Wildman–Crippen MR) is 139 cm³/mol. The number of benzene rings is 1. The molecule has 1 saturated carbocycles. The molecule has 3 aliphatic rings. The highest BCUT2D eigenvalue weighted by Gasteiger charge is 2.34. The van der Waals surface area contributed by atoms with Crippen molar-refractivity contribution >= 4 is 33.1 Å². The van der Waals surface area contributed by atoms with E-state index in [0.717, 1.165) is 67.0 Å². The standard InChI is InChI=1S/C26H32N6O3S/c1-17-7-10-20(29-36(2,34)35)19(14-17)26(33)31-13-4-3-6-23(31)22-15-24-27-21(18-8-9-18)16-25(32(24)28-22)30-11-5-12-30/h7,10,14-16,18,23,29H,3-6,8-9,11-13H2,1-2H3/t23-/m0/s1. The van der Waals surface area contributed by atoms with Crippen molar-refractivity contribution in [3.05, 3.63) is 52.8 Å². The minimum Gasteiger partial charge on any atom is -0.356 e. The van der Waals surface area contributed by atoms with Gasteiger partial charge in [0, 0.05) is 43.4 Å². The van der Waals surface area contributed by atoms with Gasteiger partial charge in [0.1, 0.15) is 5.82 Å². The van der Waals surface area contributed by atoms with E-state index in [0.29, 0.717) is 23.7 Å². The van der Waals surface area contributed by atoms with Crippen molar-refractivity contribution in [2.24, 2.45) is 0 Å². The maximum Gasteiger partial charge on any atom is 0.256 e. The summed E-state index contributed by atoms with van der Waals surface area (Å²) in [4.78, 5) is 23.0. The molecule has 4 heterocycles. The molecule has 1 aromatic carbocycles. The van der Waals surface area contributed by atoms with Gasteiger partial charge in [-0.15, -0.1) is 0 Å². The van der Waals surface area contributed by atoms with Gasteiger partial charge in [-0.25, -0.2) is 13.4 Å². The van der Waals surface area contributed by atoms with E-state index in [4.69, 9.17) is 10.1 Å². The lowest BCUT2D eigenvalue weighted by Gasteiger charge is -2.35. The van der Waals surface area contributed by atoms with Gasteiger partial charge >= 0.3 is 0 Å². The van der Waals surface area contributed by atoms with Crippen LogP contribution in [0.4, 0.5) is 11.5 Å². The second-order valence-electron chi connectivity index (χ2n) is 10.4. The van der Waals surface area contributed by atoms with Crippen molar-refractivity contribution in [1.82, 2.24) is 19.5 Å². The van der Waals surface area contributed by atoms with E-state index in [2.05, 4.69) is 15.7 Å². The third kappa shape index (κ3) is 4.42. The number of aromatic nitrogens is 3. The zero-order chi connectivity index (χ0) is 25.0. The highest BCUT2D eigenvalue weighted by molar-refractivity contribution is 7.92. The van der Waals surface area contributed by atoms with Gasteiger partial charge in [0.05, 0.1) is 29.2 Å². The average molecular weight is 509 g/mol. The summed E-state index contributed by atoms with van der Waals surface area (Å²) >= 11 is 0. The van der Waals surface area contributed by atoms with Crippen LogP contribution in [-0.4, -0.2) is 59.7 Å². The molecule has 0 bridgehead atoms. The van der Waals surface area contributed by atoms with Gasteiger partial charge < -0.3 is 9.80 Å². The van der Waals surface area contributed by atoms with Crippen LogP contribution in [0.5, 0.6) is 0 Å². The van der Waals surface area contributed by atoms with Gasteiger partial charge in [0.15, 0.2) is 5.65 Å². The molecular formula is C26H32N6O3S. The largest absolute Gasteiger partial charge is 0.356 e. The summed E-state index contributed by atoms with van der Waals surface area (Å²) in [6, 6.07) is 9.28. The Morgan fingerprint density at radius 1 is 1.00 bits per heavy atom. The molecule has 2 saturated heterocycles. The Bertz CT molecular complexity index is 1440. The molecule has 36 heavy (non-hydrogen) atoms. The molecule has 10 heteroatoms.